The second kappa shape index (κ2) is 6.49. The molecule has 0 bridgehead atoms. The van der Waals surface area contributed by atoms with Gasteiger partial charge >= 0.3 is 0 Å². The quantitative estimate of drug-likeness (QED) is 0.917. The molecule has 0 aromatic heterocycles. The second-order valence-corrected chi connectivity index (χ2v) is 5.57. The van der Waals surface area contributed by atoms with E-state index in [0.717, 1.165) is 25.0 Å². The van der Waals surface area contributed by atoms with Crippen molar-refractivity contribution in [3.63, 3.8) is 0 Å². The highest BCUT2D eigenvalue weighted by molar-refractivity contribution is 5.81. The van der Waals surface area contributed by atoms with Gasteiger partial charge < -0.3 is 10.0 Å². The molecule has 1 aliphatic heterocycles. The number of rotatable bonds is 4. The molecule has 116 valence electrons. The van der Waals surface area contributed by atoms with Crippen molar-refractivity contribution in [3.8, 4) is 0 Å². The van der Waals surface area contributed by atoms with Gasteiger partial charge in [-0.2, -0.15) is 0 Å². The first-order valence-electron chi connectivity index (χ1n) is 6.98. The first-order chi connectivity index (χ1) is 9.90. The Hall–Kier alpha value is -1.53. The lowest BCUT2D eigenvalue weighted by Crippen LogP contribution is -2.44. The minimum atomic E-state index is -0.978. The summed E-state index contributed by atoms with van der Waals surface area (Å²) in [5, 5.41) is 10.2. The van der Waals surface area contributed by atoms with Crippen molar-refractivity contribution >= 4 is 5.91 Å². The molecule has 1 amide bonds. The summed E-state index contributed by atoms with van der Waals surface area (Å²) in [6.07, 6.45) is 0.687. The van der Waals surface area contributed by atoms with Crippen LogP contribution in [0.2, 0.25) is 0 Å². The van der Waals surface area contributed by atoms with E-state index in [-0.39, 0.29) is 18.5 Å². The lowest BCUT2D eigenvalue weighted by Gasteiger charge is -2.28. The molecule has 2 atom stereocenters. The van der Waals surface area contributed by atoms with Gasteiger partial charge in [-0.3, -0.25) is 9.69 Å². The van der Waals surface area contributed by atoms with Gasteiger partial charge in [-0.25, -0.2) is 8.78 Å². The minimum Gasteiger partial charge on any atom is -0.387 e. The summed E-state index contributed by atoms with van der Waals surface area (Å²) in [5.41, 5.74) is 0.317. The number of aliphatic hydroxyl groups is 1. The van der Waals surface area contributed by atoms with Crippen molar-refractivity contribution in [2.45, 2.75) is 25.0 Å². The molecule has 1 aromatic carbocycles. The molecule has 0 aliphatic carbocycles. The molecule has 1 aromatic rings. The van der Waals surface area contributed by atoms with Gasteiger partial charge in [-0.15, -0.1) is 0 Å². The number of carbonyl (C=O) groups is 1. The zero-order valence-electron chi connectivity index (χ0n) is 12.2. The molecule has 2 unspecified atom stereocenters. The Balaban J connectivity index is 2.05. The van der Waals surface area contributed by atoms with Crippen LogP contribution in [-0.2, 0) is 4.79 Å². The standard InChI is InChI=1S/C15H20F2N2O2/c1-18(2)15(21)13-4-3-7-19(13)9-14(20)10-5-6-11(16)12(17)8-10/h5-6,8,13-14,20H,3-4,7,9H2,1-2H3. The average Bonchev–Trinajstić information content (AvgIpc) is 2.88. The van der Waals surface area contributed by atoms with Gasteiger partial charge in [0.1, 0.15) is 0 Å². The number of hydrogen-bond acceptors (Lipinski definition) is 3. The van der Waals surface area contributed by atoms with E-state index in [1.807, 2.05) is 4.90 Å². The van der Waals surface area contributed by atoms with Gasteiger partial charge in [0.05, 0.1) is 12.1 Å². The first kappa shape index (κ1) is 15.9. The Bertz CT molecular complexity index is 522. The van der Waals surface area contributed by atoms with Crippen LogP contribution in [0.4, 0.5) is 8.78 Å². The number of amides is 1. The Labute approximate surface area is 123 Å². The fraction of sp³-hybridized carbons (Fsp3) is 0.533. The van der Waals surface area contributed by atoms with Crippen molar-refractivity contribution in [1.82, 2.24) is 9.80 Å². The molecule has 0 spiro atoms. The maximum Gasteiger partial charge on any atom is 0.239 e. The fourth-order valence-corrected chi connectivity index (χ4v) is 2.67. The molecular formula is C15H20F2N2O2. The van der Waals surface area contributed by atoms with Crippen LogP contribution in [0.5, 0.6) is 0 Å². The molecule has 4 nitrogen and oxygen atoms in total. The number of aliphatic hydroxyl groups excluding tert-OH is 1. The highest BCUT2D eigenvalue weighted by Gasteiger charge is 2.32. The number of β-amino-alcohol motifs (C(OH)–C–C–N with tert-alkyl or cyclic N) is 1. The van der Waals surface area contributed by atoms with Crippen molar-refractivity contribution in [2.75, 3.05) is 27.2 Å². The molecule has 1 heterocycles. The van der Waals surface area contributed by atoms with E-state index in [0.29, 0.717) is 12.1 Å². The third kappa shape index (κ3) is 3.57. The van der Waals surface area contributed by atoms with Crippen molar-refractivity contribution in [1.29, 1.82) is 0 Å². The van der Waals surface area contributed by atoms with Crippen LogP contribution in [0.3, 0.4) is 0 Å². The zero-order chi connectivity index (χ0) is 15.6. The van der Waals surface area contributed by atoms with Crippen molar-refractivity contribution in [3.05, 3.63) is 35.4 Å². The van der Waals surface area contributed by atoms with Gasteiger partial charge in [-0.05, 0) is 37.1 Å². The van der Waals surface area contributed by atoms with Crippen molar-refractivity contribution < 1.29 is 18.7 Å². The minimum absolute atomic E-state index is 0.00462. The summed E-state index contributed by atoms with van der Waals surface area (Å²) in [4.78, 5) is 15.5. The number of hydrogen-bond donors (Lipinski definition) is 1. The Morgan fingerprint density at radius 1 is 1.43 bits per heavy atom. The number of halogens is 2. The van der Waals surface area contributed by atoms with Crippen LogP contribution < -0.4 is 0 Å². The largest absolute Gasteiger partial charge is 0.387 e. The van der Waals surface area contributed by atoms with E-state index >= 15 is 0 Å². The maximum absolute atomic E-state index is 13.2. The Morgan fingerprint density at radius 2 is 2.14 bits per heavy atom. The summed E-state index contributed by atoms with van der Waals surface area (Å²) < 4.78 is 26.1. The molecule has 6 heteroatoms. The van der Waals surface area contributed by atoms with E-state index in [1.165, 1.54) is 11.0 Å². The van der Waals surface area contributed by atoms with Crippen molar-refractivity contribution in [2.24, 2.45) is 0 Å². The molecule has 0 radical (unpaired) electrons. The summed E-state index contributed by atoms with van der Waals surface area (Å²) in [7, 11) is 3.40. The van der Waals surface area contributed by atoms with E-state index in [4.69, 9.17) is 0 Å². The molecule has 0 saturated carbocycles. The lowest BCUT2D eigenvalue weighted by atomic mass is 10.1. The highest BCUT2D eigenvalue weighted by Crippen LogP contribution is 2.24. The van der Waals surface area contributed by atoms with Crippen LogP contribution in [-0.4, -0.2) is 54.0 Å². The third-order valence-corrected chi connectivity index (χ3v) is 3.83. The fourth-order valence-electron chi connectivity index (χ4n) is 2.67. The predicted molar refractivity (Wildman–Crippen MR) is 74.6 cm³/mol. The van der Waals surface area contributed by atoms with E-state index in [9.17, 15) is 18.7 Å². The summed E-state index contributed by atoms with van der Waals surface area (Å²) in [6.45, 7) is 0.945. The van der Waals surface area contributed by atoms with Gasteiger partial charge in [-0.1, -0.05) is 6.07 Å². The first-order valence-corrected chi connectivity index (χ1v) is 6.98. The number of carbonyl (C=O) groups excluding carboxylic acids is 1. The molecular weight excluding hydrogens is 278 g/mol. The smallest absolute Gasteiger partial charge is 0.239 e. The SMILES string of the molecule is CN(C)C(=O)C1CCCN1CC(O)c1ccc(F)c(F)c1. The zero-order valence-corrected chi connectivity index (χ0v) is 12.2. The highest BCUT2D eigenvalue weighted by atomic mass is 19.2. The number of benzene rings is 1. The Kier molecular flexibility index (Phi) is 4.90. The van der Waals surface area contributed by atoms with E-state index < -0.39 is 17.7 Å². The molecule has 1 fully saturated rings. The number of likely N-dealkylation sites (N-methyl/N-ethyl adjacent to an activating group) is 1. The lowest BCUT2D eigenvalue weighted by molar-refractivity contribution is -0.133. The predicted octanol–water partition coefficient (Wildman–Crippen LogP) is 1.55. The average molecular weight is 298 g/mol. The maximum atomic E-state index is 13.2. The monoisotopic (exact) mass is 298 g/mol. The number of nitrogens with zero attached hydrogens (tertiary/aromatic N) is 2. The topological polar surface area (TPSA) is 43.8 Å². The van der Waals surface area contributed by atoms with Crippen LogP contribution in [0.25, 0.3) is 0 Å². The molecule has 2 rings (SSSR count). The summed E-state index contributed by atoms with van der Waals surface area (Å²) >= 11 is 0. The van der Waals surface area contributed by atoms with E-state index in [2.05, 4.69) is 0 Å². The second-order valence-electron chi connectivity index (χ2n) is 5.57. The normalized spacial score (nSPS) is 20.5. The third-order valence-electron chi connectivity index (χ3n) is 3.83. The molecule has 1 aliphatic rings. The van der Waals surface area contributed by atoms with Gasteiger partial charge in [0.25, 0.3) is 0 Å². The Morgan fingerprint density at radius 3 is 2.76 bits per heavy atom. The van der Waals surface area contributed by atoms with Crippen LogP contribution >= 0.6 is 0 Å². The summed E-state index contributed by atoms with van der Waals surface area (Å²) in [6, 6.07) is 3.11. The molecule has 1 saturated heterocycles. The van der Waals surface area contributed by atoms with Crippen LogP contribution in [0.1, 0.15) is 24.5 Å². The van der Waals surface area contributed by atoms with Gasteiger partial charge in [0, 0.05) is 20.6 Å². The van der Waals surface area contributed by atoms with Crippen LogP contribution in [0, 0.1) is 11.6 Å². The van der Waals surface area contributed by atoms with E-state index in [1.54, 1.807) is 14.1 Å². The van der Waals surface area contributed by atoms with Gasteiger partial charge in [0.2, 0.25) is 5.91 Å². The molecule has 1 N–H and O–H groups in total. The molecule has 21 heavy (non-hydrogen) atoms. The van der Waals surface area contributed by atoms with Gasteiger partial charge in [0.15, 0.2) is 11.6 Å². The number of likely N-dealkylation sites (tertiary alicyclic amines) is 1. The summed E-state index contributed by atoms with van der Waals surface area (Å²) in [5.74, 6) is -1.91. The van der Waals surface area contributed by atoms with Crippen LogP contribution in [0.15, 0.2) is 18.2 Å².